The Morgan fingerprint density at radius 1 is 2.00 bits per heavy atom. The molecule has 0 aromatic heterocycles. The highest BCUT2D eigenvalue weighted by molar-refractivity contribution is 5.32. The summed E-state index contributed by atoms with van der Waals surface area (Å²) >= 11 is 0. The number of nitrogens with two attached hydrogens (primary N) is 1. The molecule has 3 nitrogen and oxygen atoms in total. The van der Waals surface area contributed by atoms with E-state index >= 15 is 0 Å². The maximum absolute atomic E-state index is 8.36. The van der Waals surface area contributed by atoms with Crippen LogP contribution in [0.4, 0.5) is 0 Å². The van der Waals surface area contributed by atoms with E-state index in [0.29, 0.717) is 6.54 Å². The molecule has 0 aromatic rings. The van der Waals surface area contributed by atoms with Gasteiger partial charge in [-0.25, -0.2) is 0 Å². The summed E-state index contributed by atoms with van der Waals surface area (Å²) in [6, 6.07) is 0. The summed E-state index contributed by atoms with van der Waals surface area (Å²) < 4.78 is 0. The maximum Gasteiger partial charge on any atom is 0.290 e. The molecule has 0 radical (unpaired) electrons. The highest BCUT2D eigenvalue weighted by atomic mass is 16.3. The Hall–Kier alpha value is -1.01. The minimum Gasteiger partial charge on any atom is -0.483 e. The molecular formula is C4H7NO2. The van der Waals surface area contributed by atoms with Crippen LogP contribution in [0.2, 0.25) is 0 Å². The molecule has 40 valence electrons. The first-order valence-electron chi connectivity index (χ1n) is 1.54. The number of hydrogen-bond acceptors (Lipinski definition) is 2. The molecule has 0 saturated carbocycles. The van der Waals surface area contributed by atoms with E-state index in [1.807, 2.05) is 0 Å². The molecule has 0 atom stereocenters. The molecular weight excluding hydrogens is 94.0 g/mol. The minimum absolute atomic E-state index is 0.250. The van der Waals surface area contributed by atoms with E-state index in [9.17, 15) is 0 Å². The quantitative estimate of drug-likeness (QED) is 0.312. The van der Waals surface area contributed by atoms with E-state index in [4.69, 9.17) is 15.6 Å². The topological polar surface area (TPSA) is 63.3 Å². The molecule has 0 spiro atoms. The van der Waals surface area contributed by atoms with Gasteiger partial charge in [-0.05, 0) is 0 Å². The molecule has 3 N–H and O–H groups in total. The van der Waals surface area contributed by atoms with Crippen molar-refractivity contribution in [2.24, 2.45) is 5.73 Å². The normalized spacial score (nSPS) is 4.57. The second-order valence-electron chi connectivity index (χ2n) is 0.514. The number of carbonyl (C=O) groups is 1. The Labute approximate surface area is 42.1 Å². The van der Waals surface area contributed by atoms with Gasteiger partial charge in [0.25, 0.3) is 6.47 Å². The minimum atomic E-state index is -0.250. The summed E-state index contributed by atoms with van der Waals surface area (Å²) in [7, 11) is 0. The number of terminal acetylenes is 1. The van der Waals surface area contributed by atoms with Crippen LogP contribution in [0.15, 0.2) is 0 Å². The molecule has 0 heterocycles. The molecule has 0 rings (SSSR count). The summed E-state index contributed by atoms with van der Waals surface area (Å²) in [5.41, 5.74) is 4.79. The average Bonchev–Trinajstić information content (AvgIpc) is 1.69. The zero-order valence-electron chi connectivity index (χ0n) is 3.79. The van der Waals surface area contributed by atoms with Crippen molar-refractivity contribution < 1.29 is 9.90 Å². The lowest BCUT2D eigenvalue weighted by atomic mass is 10.7. The molecule has 0 saturated heterocycles. The Kier molecular flexibility index (Phi) is 26.8. The van der Waals surface area contributed by atoms with Crippen molar-refractivity contribution in [2.75, 3.05) is 6.54 Å². The molecule has 0 aliphatic carbocycles. The summed E-state index contributed by atoms with van der Waals surface area (Å²) in [4.78, 5) is 8.36. The number of hydrogen-bond donors (Lipinski definition) is 2. The van der Waals surface area contributed by atoms with Gasteiger partial charge < -0.3 is 10.8 Å². The van der Waals surface area contributed by atoms with Gasteiger partial charge >= 0.3 is 0 Å². The largest absolute Gasteiger partial charge is 0.483 e. The van der Waals surface area contributed by atoms with E-state index in [-0.39, 0.29) is 6.47 Å². The van der Waals surface area contributed by atoms with Crippen LogP contribution in [0.5, 0.6) is 0 Å². The van der Waals surface area contributed by atoms with Gasteiger partial charge in [0.05, 0.1) is 6.54 Å². The summed E-state index contributed by atoms with van der Waals surface area (Å²) in [6.07, 6.45) is 4.65. The third-order valence-electron chi connectivity index (χ3n) is 0.118. The summed E-state index contributed by atoms with van der Waals surface area (Å²) in [5.74, 6) is 2.21. The van der Waals surface area contributed by atoms with Crippen molar-refractivity contribution >= 4 is 6.47 Å². The highest BCUT2D eigenvalue weighted by Gasteiger charge is 1.41. The fourth-order valence-corrected chi connectivity index (χ4v) is 0. The van der Waals surface area contributed by atoms with Crippen LogP contribution in [-0.2, 0) is 4.79 Å². The molecule has 0 unspecified atom stereocenters. The van der Waals surface area contributed by atoms with Crippen molar-refractivity contribution in [3.63, 3.8) is 0 Å². The zero-order valence-corrected chi connectivity index (χ0v) is 3.79. The molecule has 0 aliphatic rings. The van der Waals surface area contributed by atoms with Gasteiger partial charge in [0.1, 0.15) is 0 Å². The van der Waals surface area contributed by atoms with Crippen molar-refractivity contribution in [3.05, 3.63) is 0 Å². The maximum atomic E-state index is 8.36. The van der Waals surface area contributed by atoms with Crippen LogP contribution in [0.1, 0.15) is 0 Å². The van der Waals surface area contributed by atoms with Gasteiger partial charge in [0.2, 0.25) is 0 Å². The molecule has 0 aliphatic heterocycles. The van der Waals surface area contributed by atoms with E-state index < -0.39 is 0 Å². The van der Waals surface area contributed by atoms with E-state index in [1.165, 1.54) is 0 Å². The standard InChI is InChI=1S/C3H5N.CH2O2/c1-2-3-4;2-1-3/h1H,3-4H2;1H,(H,2,3). The van der Waals surface area contributed by atoms with Crippen molar-refractivity contribution in [1.82, 2.24) is 0 Å². The average molecular weight is 101 g/mol. The van der Waals surface area contributed by atoms with Crippen LogP contribution < -0.4 is 5.73 Å². The van der Waals surface area contributed by atoms with Gasteiger partial charge in [-0.1, -0.05) is 5.92 Å². The predicted octanol–water partition coefficient (Wildman–Crippen LogP) is -0.721. The van der Waals surface area contributed by atoms with Crippen molar-refractivity contribution in [3.8, 4) is 12.3 Å². The van der Waals surface area contributed by atoms with Gasteiger partial charge in [-0.3, -0.25) is 4.79 Å². The Morgan fingerprint density at radius 2 is 2.14 bits per heavy atom. The SMILES string of the molecule is C#CCN.O=CO. The lowest BCUT2D eigenvalue weighted by molar-refractivity contribution is -0.122. The van der Waals surface area contributed by atoms with Crippen LogP contribution in [0.3, 0.4) is 0 Å². The van der Waals surface area contributed by atoms with Gasteiger partial charge in [0, 0.05) is 0 Å². The molecule has 7 heavy (non-hydrogen) atoms. The lowest BCUT2D eigenvalue weighted by Crippen LogP contribution is -1.91. The van der Waals surface area contributed by atoms with E-state index in [0.717, 1.165) is 0 Å². The van der Waals surface area contributed by atoms with Crippen LogP contribution in [-0.4, -0.2) is 18.1 Å². The molecule has 0 amide bonds. The smallest absolute Gasteiger partial charge is 0.290 e. The first-order chi connectivity index (χ1) is 3.33. The third-order valence-corrected chi connectivity index (χ3v) is 0.118. The molecule has 0 bridgehead atoms. The molecule has 0 aromatic carbocycles. The van der Waals surface area contributed by atoms with Crippen molar-refractivity contribution in [2.45, 2.75) is 0 Å². The lowest BCUT2D eigenvalue weighted by Gasteiger charge is -1.56. The molecule has 0 fully saturated rings. The fourth-order valence-electron chi connectivity index (χ4n) is 0. The van der Waals surface area contributed by atoms with E-state index in [2.05, 4.69) is 12.3 Å². The number of carboxylic acid groups (broad SMARTS) is 1. The first kappa shape index (κ1) is 9.37. The van der Waals surface area contributed by atoms with Crippen LogP contribution in [0.25, 0.3) is 0 Å². The van der Waals surface area contributed by atoms with Gasteiger partial charge in [-0.15, -0.1) is 6.42 Å². The first-order valence-corrected chi connectivity index (χ1v) is 1.54. The number of rotatable bonds is 0. The Balaban J connectivity index is 0. The highest BCUT2D eigenvalue weighted by Crippen LogP contribution is 1.25. The van der Waals surface area contributed by atoms with Crippen LogP contribution >= 0.6 is 0 Å². The second kappa shape index (κ2) is 20.1. The third kappa shape index (κ3) is 446000. The Morgan fingerprint density at radius 3 is 2.14 bits per heavy atom. The van der Waals surface area contributed by atoms with Gasteiger partial charge in [0.15, 0.2) is 0 Å². The Bertz CT molecular complexity index is 64.6. The summed E-state index contributed by atoms with van der Waals surface area (Å²) in [5, 5.41) is 6.89. The zero-order chi connectivity index (χ0) is 6.12. The van der Waals surface area contributed by atoms with Crippen LogP contribution in [0, 0.1) is 12.3 Å². The fraction of sp³-hybridized carbons (Fsp3) is 0.250. The molecule has 3 heteroatoms. The second-order valence-corrected chi connectivity index (χ2v) is 0.514. The monoisotopic (exact) mass is 101 g/mol. The summed E-state index contributed by atoms with van der Waals surface area (Å²) in [6.45, 7) is 0.0972. The van der Waals surface area contributed by atoms with Gasteiger partial charge in [-0.2, -0.15) is 0 Å². The van der Waals surface area contributed by atoms with Crippen molar-refractivity contribution in [1.29, 1.82) is 0 Å². The predicted molar refractivity (Wildman–Crippen MR) is 26.6 cm³/mol. The van der Waals surface area contributed by atoms with E-state index in [1.54, 1.807) is 0 Å².